The molecule has 0 saturated carbocycles. The summed E-state index contributed by atoms with van der Waals surface area (Å²) in [7, 11) is 0. The molecule has 4 aromatic rings. The molecule has 2 amide bonds. The van der Waals surface area contributed by atoms with E-state index in [0.717, 1.165) is 35.7 Å². The second-order valence-electron chi connectivity index (χ2n) is 10.3. The van der Waals surface area contributed by atoms with E-state index in [2.05, 4.69) is 15.1 Å². The Kier molecular flexibility index (Phi) is 8.80. The first-order chi connectivity index (χ1) is 19.4. The topological polar surface area (TPSA) is 103 Å². The number of amides is 2. The lowest BCUT2D eigenvalue weighted by Crippen LogP contribution is -2.18. The molecule has 10 heteroatoms. The minimum Gasteiger partial charge on any atom is -0.366 e. The second-order valence-corrected chi connectivity index (χ2v) is 10.3. The number of carbonyl (C=O) groups is 2. The number of pyridine rings is 1. The van der Waals surface area contributed by atoms with Crippen LogP contribution in [0.15, 0.2) is 65.8 Å². The van der Waals surface area contributed by atoms with Crippen LogP contribution >= 0.6 is 0 Å². The third-order valence-corrected chi connectivity index (χ3v) is 6.48. The van der Waals surface area contributed by atoms with Gasteiger partial charge in [-0.25, -0.2) is 18.2 Å². The Hall–Kier alpha value is -4.60. The van der Waals surface area contributed by atoms with Crippen molar-refractivity contribution in [2.24, 2.45) is 10.7 Å². The summed E-state index contributed by atoms with van der Waals surface area (Å²) in [6.45, 7) is 7.85. The van der Waals surface area contributed by atoms with Gasteiger partial charge in [-0.2, -0.15) is 5.10 Å². The van der Waals surface area contributed by atoms with Crippen LogP contribution in [0.2, 0.25) is 0 Å². The molecule has 7 nitrogen and oxygen atoms in total. The van der Waals surface area contributed by atoms with Crippen molar-refractivity contribution in [2.45, 2.75) is 52.5 Å². The van der Waals surface area contributed by atoms with Gasteiger partial charge in [-0.15, -0.1) is 0 Å². The number of benzene rings is 2. The van der Waals surface area contributed by atoms with Crippen molar-refractivity contribution in [1.29, 1.82) is 0 Å². The highest BCUT2D eigenvalue weighted by Crippen LogP contribution is 2.27. The van der Waals surface area contributed by atoms with Gasteiger partial charge in [0.25, 0.3) is 11.8 Å². The number of nitrogens with two attached hydrogens (primary N) is 1. The summed E-state index contributed by atoms with van der Waals surface area (Å²) in [5, 5.41) is 4.59. The van der Waals surface area contributed by atoms with Crippen molar-refractivity contribution >= 4 is 17.5 Å². The smallest absolute Gasteiger partial charge is 0.267 e. The maximum atomic E-state index is 14.2. The molecule has 0 unspecified atom stereocenters. The summed E-state index contributed by atoms with van der Waals surface area (Å²) in [5.74, 6) is -3.59. The van der Waals surface area contributed by atoms with Crippen LogP contribution in [-0.4, -0.2) is 32.3 Å². The lowest BCUT2D eigenvalue weighted by Gasteiger charge is -2.13. The van der Waals surface area contributed by atoms with Gasteiger partial charge in [-0.05, 0) is 59.4 Å². The summed E-state index contributed by atoms with van der Waals surface area (Å²) < 4.78 is 44.0. The second kappa shape index (κ2) is 12.3. The summed E-state index contributed by atoms with van der Waals surface area (Å²) in [6.07, 6.45) is 1.34. The van der Waals surface area contributed by atoms with E-state index in [1.165, 1.54) is 18.3 Å². The Labute approximate surface area is 235 Å². The third-order valence-electron chi connectivity index (χ3n) is 6.48. The van der Waals surface area contributed by atoms with E-state index in [1.54, 1.807) is 16.8 Å². The van der Waals surface area contributed by atoms with Crippen molar-refractivity contribution in [3.8, 4) is 11.1 Å². The lowest BCUT2D eigenvalue weighted by atomic mass is 9.96. The van der Waals surface area contributed by atoms with E-state index in [1.807, 2.05) is 33.8 Å². The molecule has 2 aromatic heterocycles. The average molecular weight is 562 g/mol. The highest BCUT2D eigenvalue weighted by molar-refractivity contribution is 6.10. The van der Waals surface area contributed by atoms with Gasteiger partial charge in [0.1, 0.15) is 24.0 Å². The van der Waals surface area contributed by atoms with E-state index in [9.17, 15) is 22.8 Å². The first-order valence-electron chi connectivity index (χ1n) is 13.1. The van der Waals surface area contributed by atoms with E-state index >= 15 is 0 Å². The molecular formula is C31H30F3N5O2. The molecule has 0 aliphatic carbocycles. The van der Waals surface area contributed by atoms with Crippen LogP contribution in [0.25, 0.3) is 11.1 Å². The van der Waals surface area contributed by atoms with Crippen molar-refractivity contribution < 1.29 is 22.8 Å². The number of hydrogen-bond acceptors (Lipinski definition) is 4. The standard InChI is InChI=1S/C31H30F3N5O2/c1-17(2)26-15-28(18(3)4)39(38-26)16-29(40)37-27(12-19-10-21(32)14-22(33)11-19)30-23(6-5-9-36-30)20-7-8-25(34)24(13-20)31(35)41/h5-11,13-15,17-18H,12,16H2,1-4H3,(H2,35,41). The third kappa shape index (κ3) is 6.95. The number of nitrogens with zero attached hydrogens (tertiary/aromatic N) is 4. The van der Waals surface area contributed by atoms with E-state index in [4.69, 9.17) is 5.73 Å². The molecule has 0 aliphatic heterocycles. The van der Waals surface area contributed by atoms with Gasteiger partial charge in [-0.3, -0.25) is 19.3 Å². The fourth-order valence-electron chi connectivity index (χ4n) is 4.47. The Morgan fingerprint density at radius 2 is 1.66 bits per heavy atom. The van der Waals surface area contributed by atoms with Gasteiger partial charge in [0.15, 0.2) is 0 Å². The number of carbonyl (C=O) groups excluding carboxylic acids is 2. The zero-order valence-electron chi connectivity index (χ0n) is 23.2. The van der Waals surface area contributed by atoms with Crippen LogP contribution in [0.1, 0.15) is 72.5 Å². The Bertz CT molecular complexity index is 1620. The first kappa shape index (κ1) is 29.4. The Morgan fingerprint density at radius 1 is 0.951 bits per heavy atom. The molecule has 4 rings (SSSR count). The van der Waals surface area contributed by atoms with Crippen LogP contribution in [0.4, 0.5) is 13.2 Å². The van der Waals surface area contributed by atoms with Crippen molar-refractivity contribution in [3.05, 3.63) is 106 Å². The molecule has 2 aromatic carbocycles. The van der Waals surface area contributed by atoms with Crippen LogP contribution in [0.5, 0.6) is 0 Å². The van der Waals surface area contributed by atoms with Gasteiger partial charge >= 0.3 is 0 Å². The fraction of sp³-hybridized carbons (Fsp3) is 0.258. The monoisotopic (exact) mass is 561 g/mol. The quantitative estimate of drug-likeness (QED) is 0.255. The molecule has 2 heterocycles. The first-order valence-corrected chi connectivity index (χ1v) is 13.1. The molecule has 0 fully saturated rings. The molecule has 0 bridgehead atoms. The minimum atomic E-state index is -0.949. The largest absolute Gasteiger partial charge is 0.366 e. The molecule has 0 radical (unpaired) electrons. The van der Waals surface area contributed by atoms with Gasteiger partial charge < -0.3 is 5.73 Å². The summed E-state index contributed by atoms with van der Waals surface area (Å²) >= 11 is 0. The summed E-state index contributed by atoms with van der Waals surface area (Å²) in [4.78, 5) is 33.9. The molecule has 2 N–H and O–H groups in total. The van der Waals surface area contributed by atoms with Crippen molar-refractivity contribution in [3.63, 3.8) is 0 Å². The van der Waals surface area contributed by atoms with Crippen LogP contribution in [-0.2, 0) is 17.8 Å². The normalized spacial score (nSPS) is 11.9. The summed E-state index contributed by atoms with van der Waals surface area (Å²) in [6, 6.07) is 12.1. The number of rotatable bonds is 9. The van der Waals surface area contributed by atoms with Gasteiger partial charge in [-0.1, -0.05) is 39.8 Å². The minimum absolute atomic E-state index is 0.0989. The Balaban J connectivity index is 1.82. The number of aliphatic imine (C=N–C) groups is 1. The van der Waals surface area contributed by atoms with E-state index < -0.39 is 29.3 Å². The number of hydrogen-bond donors (Lipinski definition) is 1. The molecule has 41 heavy (non-hydrogen) atoms. The van der Waals surface area contributed by atoms with Crippen molar-refractivity contribution in [2.75, 3.05) is 0 Å². The summed E-state index contributed by atoms with van der Waals surface area (Å²) in [5.41, 5.74) is 8.12. The predicted octanol–water partition coefficient (Wildman–Crippen LogP) is 5.97. The number of halogens is 3. The Morgan fingerprint density at radius 3 is 2.29 bits per heavy atom. The number of primary amides is 1. The zero-order valence-corrected chi connectivity index (χ0v) is 23.2. The molecule has 212 valence electrons. The van der Waals surface area contributed by atoms with Gasteiger partial charge in [0, 0.05) is 29.9 Å². The van der Waals surface area contributed by atoms with E-state index in [0.29, 0.717) is 11.1 Å². The number of aromatic nitrogens is 3. The van der Waals surface area contributed by atoms with Crippen LogP contribution < -0.4 is 5.73 Å². The SMILES string of the molecule is CC(C)c1cc(C(C)C)n(CC(=O)N=C(Cc2cc(F)cc(F)c2)c2ncccc2-c2ccc(F)c(C(N)=O)c2)n1. The maximum Gasteiger partial charge on any atom is 0.267 e. The molecule has 0 saturated heterocycles. The fourth-order valence-corrected chi connectivity index (χ4v) is 4.47. The highest BCUT2D eigenvalue weighted by Gasteiger charge is 2.20. The average Bonchev–Trinajstić information content (AvgIpc) is 3.32. The molecular weight excluding hydrogens is 531 g/mol. The maximum absolute atomic E-state index is 14.2. The predicted molar refractivity (Wildman–Crippen MR) is 150 cm³/mol. The van der Waals surface area contributed by atoms with Crippen LogP contribution in [0, 0.1) is 17.5 Å². The highest BCUT2D eigenvalue weighted by atomic mass is 19.1. The van der Waals surface area contributed by atoms with Gasteiger partial charge in [0.2, 0.25) is 0 Å². The lowest BCUT2D eigenvalue weighted by molar-refractivity contribution is -0.118. The van der Waals surface area contributed by atoms with E-state index in [-0.39, 0.29) is 47.3 Å². The molecule has 0 aliphatic rings. The van der Waals surface area contributed by atoms with Gasteiger partial charge in [0.05, 0.1) is 22.7 Å². The molecule has 0 spiro atoms. The molecule has 0 atom stereocenters. The van der Waals surface area contributed by atoms with Crippen molar-refractivity contribution in [1.82, 2.24) is 14.8 Å². The van der Waals surface area contributed by atoms with Crippen LogP contribution in [0.3, 0.4) is 0 Å². The zero-order chi connectivity index (χ0) is 29.8.